The summed E-state index contributed by atoms with van der Waals surface area (Å²) in [6.07, 6.45) is 66.3. The van der Waals surface area contributed by atoms with Gasteiger partial charge in [-0.2, -0.15) is 0 Å². The Morgan fingerprint density at radius 1 is 0.409 bits per heavy atom. The maximum absolute atomic E-state index is 12.5. The van der Waals surface area contributed by atoms with E-state index in [1.165, 1.54) is 244 Å². The number of esters is 1. The first-order chi connectivity index (χ1) is 32.5. The van der Waals surface area contributed by atoms with Gasteiger partial charge in [0, 0.05) is 12.8 Å². The van der Waals surface area contributed by atoms with Crippen molar-refractivity contribution >= 4 is 11.9 Å². The SMILES string of the molecule is CCCCCCCC/C=C\CCCCCCCCCCCC(=O)OCCCCCCCCCCCCC(=O)NC(CO)C(O)CCCCCCCCCCCCCCCCCCCCCC. The van der Waals surface area contributed by atoms with Crippen LogP contribution in [0, 0.1) is 0 Å². The number of carbonyl (C=O) groups is 2. The fraction of sp³-hybridized carbons (Fsp3) is 0.933. The minimum absolute atomic E-state index is 0.0179. The van der Waals surface area contributed by atoms with Gasteiger partial charge < -0.3 is 20.3 Å². The minimum atomic E-state index is -0.679. The molecule has 0 saturated heterocycles. The maximum atomic E-state index is 12.5. The first-order valence-corrected chi connectivity index (χ1v) is 29.9. The van der Waals surface area contributed by atoms with E-state index in [4.69, 9.17) is 4.74 Å². The van der Waals surface area contributed by atoms with Crippen molar-refractivity contribution in [3.63, 3.8) is 0 Å². The van der Waals surface area contributed by atoms with Crippen LogP contribution >= 0.6 is 0 Å². The van der Waals surface area contributed by atoms with E-state index in [0.717, 1.165) is 57.8 Å². The van der Waals surface area contributed by atoms with Crippen molar-refractivity contribution in [3.8, 4) is 0 Å². The monoisotopic (exact) mass is 932 g/mol. The Bertz CT molecular complexity index is 986. The number of ether oxygens (including phenoxy) is 1. The van der Waals surface area contributed by atoms with Gasteiger partial charge in [0.05, 0.1) is 25.4 Å². The summed E-state index contributed by atoms with van der Waals surface area (Å²) in [4.78, 5) is 24.6. The molecule has 66 heavy (non-hydrogen) atoms. The van der Waals surface area contributed by atoms with Gasteiger partial charge in [-0.1, -0.05) is 283 Å². The third-order valence-electron chi connectivity index (χ3n) is 14.1. The fourth-order valence-corrected chi connectivity index (χ4v) is 9.46. The molecule has 6 heteroatoms. The first kappa shape index (κ1) is 64.6. The standard InChI is InChI=1S/C60H117NO5/c1-3-5-7-9-11-13-15-17-19-21-23-25-26-28-30-32-36-40-44-48-52-58(63)57(56-62)61-59(64)53-49-45-41-37-34-35-39-43-47-51-55-66-60(65)54-50-46-42-38-33-31-29-27-24-22-20-18-16-14-12-10-8-6-4-2/h18,20,57-58,62-63H,3-17,19,21-56H2,1-2H3,(H,61,64)/b20-18-. The van der Waals surface area contributed by atoms with Crippen LogP contribution in [-0.2, 0) is 14.3 Å². The van der Waals surface area contributed by atoms with Gasteiger partial charge >= 0.3 is 5.97 Å². The number of amides is 1. The van der Waals surface area contributed by atoms with Crippen molar-refractivity contribution < 1.29 is 24.5 Å². The molecular formula is C60H117NO5. The molecule has 0 aliphatic heterocycles. The third-order valence-corrected chi connectivity index (χ3v) is 14.1. The number of allylic oxidation sites excluding steroid dienone is 2. The van der Waals surface area contributed by atoms with Crippen LogP contribution in [0.4, 0.5) is 0 Å². The molecule has 0 spiro atoms. The molecule has 2 unspecified atom stereocenters. The van der Waals surface area contributed by atoms with Crippen molar-refractivity contribution in [2.75, 3.05) is 13.2 Å². The van der Waals surface area contributed by atoms with E-state index in [9.17, 15) is 19.8 Å². The van der Waals surface area contributed by atoms with E-state index >= 15 is 0 Å². The van der Waals surface area contributed by atoms with Crippen molar-refractivity contribution in [1.29, 1.82) is 0 Å². The highest BCUT2D eigenvalue weighted by molar-refractivity contribution is 5.76. The molecule has 0 radical (unpaired) electrons. The summed E-state index contributed by atoms with van der Waals surface area (Å²) in [7, 11) is 0. The molecule has 392 valence electrons. The highest BCUT2D eigenvalue weighted by atomic mass is 16.5. The van der Waals surface area contributed by atoms with Crippen LogP contribution in [0.2, 0.25) is 0 Å². The Morgan fingerprint density at radius 2 is 0.712 bits per heavy atom. The van der Waals surface area contributed by atoms with E-state index in [-0.39, 0.29) is 18.5 Å². The van der Waals surface area contributed by atoms with Gasteiger partial charge in [-0.25, -0.2) is 0 Å². The molecule has 0 aromatic carbocycles. The number of hydrogen-bond donors (Lipinski definition) is 3. The lowest BCUT2D eigenvalue weighted by Gasteiger charge is -2.22. The van der Waals surface area contributed by atoms with Gasteiger partial charge in [0.2, 0.25) is 5.91 Å². The lowest BCUT2D eigenvalue weighted by molar-refractivity contribution is -0.143. The summed E-state index contributed by atoms with van der Waals surface area (Å²) in [6.45, 7) is 4.93. The lowest BCUT2D eigenvalue weighted by Crippen LogP contribution is -2.45. The molecule has 0 aromatic rings. The van der Waals surface area contributed by atoms with Crippen molar-refractivity contribution in [3.05, 3.63) is 12.2 Å². The van der Waals surface area contributed by atoms with E-state index < -0.39 is 12.1 Å². The molecule has 1 amide bonds. The summed E-state index contributed by atoms with van der Waals surface area (Å²) in [6, 6.07) is -0.558. The molecule has 0 aliphatic carbocycles. The number of aliphatic hydroxyl groups is 2. The average Bonchev–Trinajstić information content (AvgIpc) is 3.32. The Morgan fingerprint density at radius 3 is 1.08 bits per heavy atom. The molecule has 0 rings (SSSR count). The van der Waals surface area contributed by atoms with Gasteiger partial charge in [0.1, 0.15) is 0 Å². The second kappa shape index (κ2) is 56.2. The zero-order chi connectivity index (χ0) is 47.9. The van der Waals surface area contributed by atoms with E-state index in [2.05, 4.69) is 31.3 Å². The number of hydrogen-bond acceptors (Lipinski definition) is 5. The topological polar surface area (TPSA) is 95.9 Å². The van der Waals surface area contributed by atoms with Gasteiger partial charge in [-0.05, 0) is 51.4 Å². The second-order valence-electron chi connectivity index (χ2n) is 20.7. The highest BCUT2D eigenvalue weighted by Crippen LogP contribution is 2.18. The quantitative estimate of drug-likeness (QED) is 0.0321. The lowest BCUT2D eigenvalue weighted by atomic mass is 10.0. The number of aliphatic hydroxyl groups excluding tert-OH is 2. The van der Waals surface area contributed by atoms with Gasteiger partial charge in [-0.15, -0.1) is 0 Å². The zero-order valence-electron chi connectivity index (χ0n) is 44.7. The highest BCUT2D eigenvalue weighted by Gasteiger charge is 2.20. The molecular weight excluding hydrogens is 815 g/mol. The molecule has 3 N–H and O–H groups in total. The van der Waals surface area contributed by atoms with Gasteiger partial charge in [0.25, 0.3) is 0 Å². The molecule has 0 aliphatic rings. The van der Waals surface area contributed by atoms with Gasteiger partial charge in [0.15, 0.2) is 0 Å². The normalized spacial score (nSPS) is 12.6. The van der Waals surface area contributed by atoms with Crippen LogP contribution in [-0.4, -0.2) is 47.4 Å². The Kier molecular flexibility index (Phi) is 55.0. The summed E-state index contributed by atoms with van der Waals surface area (Å²) < 4.78 is 5.48. The predicted octanol–water partition coefficient (Wildman–Crippen LogP) is 18.5. The Hall–Kier alpha value is -1.40. The Balaban J connectivity index is 3.45. The third kappa shape index (κ3) is 52.0. The molecule has 2 atom stereocenters. The van der Waals surface area contributed by atoms with Crippen LogP contribution in [0.5, 0.6) is 0 Å². The maximum Gasteiger partial charge on any atom is 0.305 e. The van der Waals surface area contributed by atoms with E-state index in [1.54, 1.807) is 0 Å². The van der Waals surface area contributed by atoms with E-state index in [0.29, 0.717) is 25.9 Å². The van der Waals surface area contributed by atoms with Crippen LogP contribution in [0.15, 0.2) is 12.2 Å². The zero-order valence-corrected chi connectivity index (χ0v) is 44.7. The predicted molar refractivity (Wildman–Crippen MR) is 287 cm³/mol. The van der Waals surface area contributed by atoms with Gasteiger partial charge in [-0.3, -0.25) is 9.59 Å². The van der Waals surface area contributed by atoms with Crippen molar-refractivity contribution in [2.45, 2.75) is 347 Å². The summed E-state index contributed by atoms with van der Waals surface area (Å²) >= 11 is 0. The fourth-order valence-electron chi connectivity index (χ4n) is 9.46. The largest absolute Gasteiger partial charge is 0.466 e. The van der Waals surface area contributed by atoms with Crippen LogP contribution in [0.3, 0.4) is 0 Å². The number of unbranched alkanes of at least 4 members (excludes halogenated alkanes) is 43. The molecule has 0 saturated carbocycles. The molecule has 0 aromatic heterocycles. The summed E-state index contributed by atoms with van der Waals surface area (Å²) in [5.41, 5.74) is 0. The number of rotatable bonds is 56. The Labute approximate surface area is 412 Å². The molecule has 0 fully saturated rings. The van der Waals surface area contributed by atoms with E-state index in [1.807, 2.05) is 0 Å². The van der Waals surface area contributed by atoms with Crippen molar-refractivity contribution in [1.82, 2.24) is 5.32 Å². The molecule has 0 heterocycles. The van der Waals surface area contributed by atoms with Crippen LogP contribution in [0.25, 0.3) is 0 Å². The molecule has 6 nitrogen and oxygen atoms in total. The smallest absolute Gasteiger partial charge is 0.305 e. The van der Waals surface area contributed by atoms with Crippen LogP contribution in [0.1, 0.15) is 335 Å². The number of nitrogens with one attached hydrogen (secondary N) is 1. The first-order valence-electron chi connectivity index (χ1n) is 29.9. The summed E-state index contributed by atoms with van der Waals surface area (Å²) in [5.74, 6) is -0.0720. The average molecular weight is 933 g/mol. The summed E-state index contributed by atoms with van der Waals surface area (Å²) in [5, 5.41) is 23.3. The number of carbonyl (C=O) groups excluding carboxylic acids is 2. The minimum Gasteiger partial charge on any atom is -0.466 e. The molecule has 0 bridgehead atoms. The van der Waals surface area contributed by atoms with Crippen LogP contribution < -0.4 is 5.32 Å². The van der Waals surface area contributed by atoms with Crippen molar-refractivity contribution in [2.24, 2.45) is 0 Å². The second-order valence-corrected chi connectivity index (χ2v) is 20.7.